The van der Waals surface area contributed by atoms with E-state index in [1.165, 1.54) is 0 Å². The summed E-state index contributed by atoms with van der Waals surface area (Å²) in [6.45, 7) is 3.12. The van der Waals surface area contributed by atoms with Gasteiger partial charge in [0.1, 0.15) is 18.2 Å². The van der Waals surface area contributed by atoms with Gasteiger partial charge in [-0.15, -0.1) is 0 Å². The van der Waals surface area contributed by atoms with Gasteiger partial charge >= 0.3 is 0 Å². The lowest BCUT2D eigenvalue weighted by molar-refractivity contribution is 0.298. The van der Waals surface area contributed by atoms with Gasteiger partial charge in [0.25, 0.3) is 0 Å². The standard InChI is InChI=1S/C12H13Cl2N3O/c1-8-16-2-3-17(8)4-5-18-12-7-10(14)9(13)6-11(12)15/h2-3,6-7H,4-5,15H2,1H3. The van der Waals surface area contributed by atoms with Crippen LogP contribution < -0.4 is 10.5 Å². The molecule has 0 amide bonds. The molecule has 1 aromatic carbocycles. The van der Waals surface area contributed by atoms with Crippen LogP contribution in [-0.4, -0.2) is 16.2 Å². The van der Waals surface area contributed by atoms with Crippen molar-refractivity contribution in [1.29, 1.82) is 0 Å². The van der Waals surface area contributed by atoms with E-state index in [-0.39, 0.29) is 0 Å². The molecule has 4 nitrogen and oxygen atoms in total. The first-order valence-electron chi connectivity index (χ1n) is 5.43. The van der Waals surface area contributed by atoms with Crippen LogP contribution >= 0.6 is 23.2 Å². The summed E-state index contributed by atoms with van der Waals surface area (Å²) in [4.78, 5) is 4.13. The van der Waals surface area contributed by atoms with Crippen LogP contribution in [0.5, 0.6) is 5.75 Å². The molecule has 0 saturated carbocycles. The Morgan fingerprint density at radius 1 is 1.33 bits per heavy atom. The number of benzene rings is 1. The number of nitrogens with two attached hydrogens (primary N) is 1. The van der Waals surface area contributed by atoms with Crippen LogP contribution in [0, 0.1) is 6.92 Å². The molecular weight excluding hydrogens is 273 g/mol. The Hall–Kier alpha value is -1.39. The Bertz CT molecular complexity index is 554. The summed E-state index contributed by atoms with van der Waals surface area (Å²) in [5.74, 6) is 1.49. The number of halogens is 2. The molecule has 2 rings (SSSR count). The minimum Gasteiger partial charge on any atom is -0.490 e. The van der Waals surface area contributed by atoms with Gasteiger partial charge in [-0.1, -0.05) is 23.2 Å². The van der Waals surface area contributed by atoms with Gasteiger partial charge in [-0.2, -0.15) is 0 Å². The van der Waals surface area contributed by atoms with E-state index in [0.717, 1.165) is 5.82 Å². The molecule has 18 heavy (non-hydrogen) atoms. The summed E-state index contributed by atoms with van der Waals surface area (Å²) in [6, 6.07) is 3.21. The Morgan fingerprint density at radius 3 is 2.72 bits per heavy atom. The first-order chi connectivity index (χ1) is 8.58. The van der Waals surface area contributed by atoms with Crippen molar-refractivity contribution in [2.45, 2.75) is 13.5 Å². The largest absolute Gasteiger partial charge is 0.490 e. The number of hydrogen-bond donors (Lipinski definition) is 1. The molecule has 0 bridgehead atoms. The number of imidazole rings is 1. The van der Waals surface area contributed by atoms with E-state index in [1.54, 1.807) is 18.3 Å². The second-order valence-corrected chi connectivity index (χ2v) is 4.63. The highest BCUT2D eigenvalue weighted by Gasteiger charge is 2.06. The molecule has 0 atom stereocenters. The Morgan fingerprint density at radius 2 is 2.06 bits per heavy atom. The summed E-state index contributed by atoms with van der Waals surface area (Å²) in [5.41, 5.74) is 6.27. The molecule has 0 unspecified atom stereocenters. The Balaban J connectivity index is 1.99. The molecule has 6 heteroatoms. The number of nitrogen functional groups attached to an aromatic ring is 1. The summed E-state index contributed by atoms with van der Waals surface area (Å²) in [6.07, 6.45) is 3.65. The van der Waals surface area contributed by atoms with Crippen molar-refractivity contribution >= 4 is 28.9 Å². The number of ether oxygens (including phenoxy) is 1. The van der Waals surface area contributed by atoms with Gasteiger partial charge in [0.05, 0.1) is 22.3 Å². The van der Waals surface area contributed by atoms with Crippen molar-refractivity contribution in [2.24, 2.45) is 0 Å². The number of rotatable bonds is 4. The lowest BCUT2D eigenvalue weighted by atomic mass is 10.3. The molecule has 0 fully saturated rings. The van der Waals surface area contributed by atoms with Gasteiger partial charge in [0.2, 0.25) is 0 Å². The first kappa shape index (κ1) is 13.1. The van der Waals surface area contributed by atoms with E-state index >= 15 is 0 Å². The minimum atomic E-state index is 0.423. The molecule has 0 aliphatic heterocycles. The fraction of sp³-hybridized carbons (Fsp3) is 0.250. The van der Waals surface area contributed by atoms with Crippen LogP contribution in [0.3, 0.4) is 0 Å². The fourth-order valence-corrected chi connectivity index (χ4v) is 1.89. The van der Waals surface area contributed by atoms with E-state index in [1.807, 2.05) is 17.7 Å². The van der Waals surface area contributed by atoms with Crippen LogP contribution in [0.15, 0.2) is 24.5 Å². The molecule has 96 valence electrons. The third-order valence-corrected chi connectivity index (χ3v) is 3.29. The smallest absolute Gasteiger partial charge is 0.143 e. The molecule has 0 aliphatic rings. The molecule has 2 aromatic rings. The van der Waals surface area contributed by atoms with Crippen molar-refractivity contribution in [3.8, 4) is 5.75 Å². The van der Waals surface area contributed by atoms with Crippen molar-refractivity contribution < 1.29 is 4.74 Å². The lowest BCUT2D eigenvalue weighted by Gasteiger charge is -2.11. The second kappa shape index (κ2) is 5.50. The van der Waals surface area contributed by atoms with Gasteiger partial charge in [-0.05, 0) is 13.0 Å². The van der Waals surface area contributed by atoms with Gasteiger partial charge in [-0.3, -0.25) is 0 Å². The Kier molecular flexibility index (Phi) is 3.99. The number of aryl methyl sites for hydroxylation is 1. The monoisotopic (exact) mass is 285 g/mol. The zero-order valence-corrected chi connectivity index (χ0v) is 11.4. The van der Waals surface area contributed by atoms with E-state index in [9.17, 15) is 0 Å². The predicted molar refractivity (Wildman–Crippen MR) is 73.3 cm³/mol. The lowest BCUT2D eigenvalue weighted by Crippen LogP contribution is -2.09. The summed E-state index contributed by atoms with van der Waals surface area (Å²) in [7, 11) is 0. The van der Waals surface area contributed by atoms with E-state index in [4.69, 9.17) is 33.7 Å². The predicted octanol–water partition coefficient (Wildman–Crippen LogP) is 3.16. The topological polar surface area (TPSA) is 53.1 Å². The third kappa shape index (κ3) is 2.89. The maximum absolute atomic E-state index is 5.91. The highest BCUT2D eigenvalue weighted by atomic mass is 35.5. The molecule has 1 heterocycles. The summed E-state index contributed by atoms with van der Waals surface area (Å²) < 4.78 is 7.58. The molecule has 0 radical (unpaired) electrons. The van der Waals surface area contributed by atoms with Crippen LogP contribution in [0.25, 0.3) is 0 Å². The maximum Gasteiger partial charge on any atom is 0.143 e. The van der Waals surface area contributed by atoms with Crippen molar-refractivity contribution in [1.82, 2.24) is 9.55 Å². The van der Waals surface area contributed by atoms with E-state index in [0.29, 0.717) is 34.6 Å². The van der Waals surface area contributed by atoms with Gasteiger partial charge < -0.3 is 15.0 Å². The van der Waals surface area contributed by atoms with Crippen LogP contribution in [-0.2, 0) is 6.54 Å². The molecule has 2 N–H and O–H groups in total. The molecular formula is C12H13Cl2N3O. The van der Waals surface area contributed by atoms with Crippen LogP contribution in [0.1, 0.15) is 5.82 Å². The average molecular weight is 286 g/mol. The van der Waals surface area contributed by atoms with Crippen molar-refractivity contribution in [2.75, 3.05) is 12.3 Å². The zero-order valence-electron chi connectivity index (χ0n) is 9.86. The number of nitrogens with zero attached hydrogens (tertiary/aromatic N) is 2. The van der Waals surface area contributed by atoms with Gasteiger partial charge in [0.15, 0.2) is 0 Å². The Labute approximate surface area is 115 Å². The average Bonchev–Trinajstić information content (AvgIpc) is 2.72. The first-order valence-corrected chi connectivity index (χ1v) is 6.18. The third-order valence-electron chi connectivity index (χ3n) is 2.57. The molecule has 0 aliphatic carbocycles. The second-order valence-electron chi connectivity index (χ2n) is 3.82. The van der Waals surface area contributed by atoms with Crippen molar-refractivity contribution in [3.05, 3.63) is 40.4 Å². The maximum atomic E-state index is 5.91. The molecule has 0 spiro atoms. The fourth-order valence-electron chi connectivity index (χ4n) is 1.56. The molecule has 0 saturated heterocycles. The molecule has 1 aromatic heterocycles. The highest BCUT2D eigenvalue weighted by molar-refractivity contribution is 6.42. The number of hydrogen-bond acceptors (Lipinski definition) is 3. The quantitative estimate of drug-likeness (QED) is 0.878. The highest BCUT2D eigenvalue weighted by Crippen LogP contribution is 2.32. The van der Waals surface area contributed by atoms with Gasteiger partial charge in [-0.25, -0.2) is 4.98 Å². The summed E-state index contributed by atoms with van der Waals surface area (Å²) in [5, 5.41) is 0.853. The van der Waals surface area contributed by atoms with E-state index in [2.05, 4.69) is 4.98 Å². The van der Waals surface area contributed by atoms with Gasteiger partial charge in [0, 0.05) is 18.5 Å². The van der Waals surface area contributed by atoms with Crippen LogP contribution in [0.2, 0.25) is 10.0 Å². The zero-order chi connectivity index (χ0) is 13.1. The van der Waals surface area contributed by atoms with E-state index < -0.39 is 0 Å². The minimum absolute atomic E-state index is 0.423. The SMILES string of the molecule is Cc1nccn1CCOc1cc(Cl)c(Cl)cc1N. The normalized spacial score (nSPS) is 10.6. The van der Waals surface area contributed by atoms with Crippen LogP contribution in [0.4, 0.5) is 5.69 Å². The summed E-state index contributed by atoms with van der Waals surface area (Å²) >= 11 is 11.7. The number of anilines is 1. The number of aromatic nitrogens is 2. The van der Waals surface area contributed by atoms with Crippen molar-refractivity contribution in [3.63, 3.8) is 0 Å².